The van der Waals surface area contributed by atoms with Crippen molar-refractivity contribution < 1.29 is 8.73 Å². The van der Waals surface area contributed by atoms with Crippen LogP contribution in [0, 0.1) is 6.92 Å². The Bertz CT molecular complexity index is 614. The molecule has 1 aromatic heterocycles. The SMILES string of the molecule is Cc1nc([C@H]2CCCN2CC[S@@](=O)c2ccccc2)no1. The van der Waals surface area contributed by atoms with E-state index in [0.717, 1.165) is 36.7 Å². The molecule has 1 aliphatic heterocycles. The number of benzene rings is 1. The summed E-state index contributed by atoms with van der Waals surface area (Å²) < 4.78 is 17.4. The first-order valence-electron chi connectivity index (χ1n) is 7.22. The van der Waals surface area contributed by atoms with E-state index in [1.807, 2.05) is 30.3 Å². The summed E-state index contributed by atoms with van der Waals surface area (Å²) in [4.78, 5) is 7.54. The van der Waals surface area contributed by atoms with Crippen LogP contribution in [0.15, 0.2) is 39.8 Å². The molecule has 2 atom stereocenters. The van der Waals surface area contributed by atoms with E-state index >= 15 is 0 Å². The Labute approximate surface area is 126 Å². The third-order valence-corrected chi connectivity index (χ3v) is 5.13. The van der Waals surface area contributed by atoms with Gasteiger partial charge in [0.2, 0.25) is 5.89 Å². The van der Waals surface area contributed by atoms with E-state index in [2.05, 4.69) is 15.0 Å². The summed E-state index contributed by atoms with van der Waals surface area (Å²) in [5.74, 6) is 2.00. The molecule has 2 aromatic rings. The van der Waals surface area contributed by atoms with E-state index in [-0.39, 0.29) is 6.04 Å². The highest BCUT2D eigenvalue weighted by atomic mass is 32.2. The monoisotopic (exact) mass is 305 g/mol. The number of aromatic nitrogens is 2. The molecule has 0 bridgehead atoms. The highest BCUT2D eigenvalue weighted by Gasteiger charge is 2.29. The van der Waals surface area contributed by atoms with Crippen LogP contribution in [-0.4, -0.2) is 38.1 Å². The molecule has 21 heavy (non-hydrogen) atoms. The summed E-state index contributed by atoms with van der Waals surface area (Å²) in [6.07, 6.45) is 2.16. The minimum Gasteiger partial charge on any atom is -0.340 e. The first kappa shape index (κ1) is 14.4. The van der Waals surface area contributed by atoms with Gasteiger partial charge in [-0.15, -0.1) is 0 Å². The third kappa shape index (κ3) is 3.39. The summed E-state index contributed by atoms with van der Waals surface area (Å²) >= 11 is 0. The maximum Gasteiger partial charge on any atom is 0.223 e. The highest BCUT2D eigenvalue weighted by Crippen LogP contribution is 2.29. The van der Waals surface area contributed by atoms with Crippen LogP contribution in [0.2, 0.25) is 0 Å². The molecule has 5 nitrogen and oxygen atoms in total. The molecule has 1 fully saturated rings. The zero-order valence-electron chi connectivity index (χ0n) is 12.1. The van der Waals surface area contributed by atoms with Gasteiger partial charge in [0.15, 0.2) is 5.82 Å². The molecule has 1 aromatic carbocycles. The predicted molar refractivity (Wildman–Crippen MR) is 80.3 cm³/mol. The Hall–Kier alpha value is -1.53. The molecule has 0 amide bonds. The maximum atomic E-state index is 12.3. The van der Waals surface area contributed by atoms with Crippen LogP contribution in [0.25, 0.3) is 0 Å². The Morgan fingerprint density at radius 2 is 2.19 bits per heavy atom. The van der Waals surface area contributed by atoms with Gasteiger partial charge >= 0.3 is 0 Å². The lowest BCUT2D eigenvalue weighted by atomic mass is 10.2. The van der Waals surface area contributed by atoms with Crippen molar-refractivity contribution in [3.8, 4) is 0 Å². The van der Waals surface area contributed by atoms with Gasteiger partial charge in [-0.05, 0) is 31.5 Å². The summed E-state index contributed by atoms with van der Waals surface area (Å²) in [6.45, 7) is 3.60. The largest absolute Gasteiger partial charge is 0.340 e. The minimum absolute atomic E-state index is 0.204. The van der Waals surface area contributed by atoms with E-state index < -0.39 is 10.8 Å². The van der Waals surface area contributed by atoms with Crippen molar-refractivity contribution in [1.29, 1.82) is 0 Å². The second-order valence-corrected chi connectivity index (χ2v) is 6.80. The molecule has 2 heterocycles. The molecular formula is C15H19N3O2S. The van der Waals surface area contributed by atoms with E-state index in [1.165, 1.54) is 0 Å². The zero-order chi connectivity index (χ0) is 14.7. The molecule has 0 N–H and O–H groups in total. The van der Waals surface area contributed by atoms with Crippen molar-refractivity contribution in [2.45, 2.75) is 30.7 Å². The normalized spacial score (nSPS) is 20.7. The van der Waals surface area contributed by atoms with E-state index in [0.29, 0.717) is 11.6 Å². The lowest BCUT2D eigenvalue weighted by molar-refractivity contribution is 0.256. The smallest absolute Gasteiger partial charge is 0.223 e. The molecule has 0 spiro atoms. The Morgan fingerprint density at radius 1 is 1.38 bits per heavy atom. The fourth-order valence-corrected chi connectivity index (χ4v) is 3.82. The molecule has 0 radical (unpaired) electrons. The summed E-state index contributed by atoms with van der Waals surface area (Å²) in [7, 11) is -0.951. The number of hydrogen-bond donors (Lipinski definition) is 0. The fraction of sp³-hybridized carbons (Fsp3) is 0.467. The number of aryl methyl sites for hydroxylation is 1. The molecule has 3 rings (SSSR count). The van der Waals surface area contributed by atoms with Crippen molar-refractivity contribution in [3.05, 3.63) is 42.0 Å². The molecule has 0 unspecified atom stereocenters. The average Bonchev–Trinajstić information content (AvgIpc) is 3.14. The van der Waals surface area contributed by atoms with E-state index in [9.17, 15) is 4.21 Å². The number of hydrogen-bond acceptors (Lipinski definition) is 5. The Balaban J connectivity index is 1.61. The fourth-order valence-electron chi connectivity index (χ4n) is 2.73. The van der Waals surface area contributed by atoms with Crippen LogP contribution in [0.5, 0.6) is 0 Å². The molecule has 1 saturated heterocycles. The van der Waals surface area contributed by atoms with E-state index in [1.54, 1.807) is 6.92 Å². The topological polar surface area (TPSA) is 59.2 Å². The molecule has 112 valence electrons. The minimum atomic E-state index is -0.951. The molecule has 1 aliphatic rings. The van der Waals surface area contributed by atoms with Crippen molar-refractivity contribution in [3.63, 3.8) is 0 Å². The van der Waals surface area contributed by atoms with Gasteiger partial charge in [0.05, 0.1) is 16.8 Å². The Morgan fingerprint density at radius 3 is 2.90 bits per heavy atom. The second-order valence-electron chi connectivity index (χ2n) is 5.23. The molecule has 0 saturated carbocycles. The van der Waals surface area contributed by atoms with Crippen LogP contribution in [0.4, 0.5) is 0 Å². The van der Waals surface area contributed by atoms with Gasteiger partial charge in [0.25, 0.3) is 0 Å². The van der Waals surface area contributed by atoms with Crippen LogP contribution in [0.1, 0.15) is 30.6 Å². The average molecular weight is 305 g/mol. The van der Waals surface area contributed by atoms with Crippen molar-refractivity contribution >= 4 is 10.8 Å². The van der Waals surface area contributed by atoms with Gasteiger partial charge in [-0.1, -0.05) is 23.4 Å². The summed E-state index contributed by atoms with van der Waals surface area (Å²) in [6, 6.07) is 9.83. The lowest BCUT2D eigenvalue weighted by Crippen LogP contribution is -2.28. The Kier molecular flexibility index (Phi) is 4.45. The number of likely N-dealkylation sites (tertiary alicyclic amines) is 1. The van der Waals surface area contributed by atoms with E-state index in [4.69, 9.17) is 4.52 Å². The van der Waals surface area contributed by atoms with Gasteiger partial charge in [0.1, 0.15) is 0 Å². The molecule has 6 heteroatoms. The van der Waals surface area contributed by atoms with Gasteiger partial charge in [0, 0.05) is 24.1 Å². The highest BCUT2D eigenvalue weighted by molar-refractivity contribution is 7.85. The van der Waals surface area contributed by atoms with Gasteiger partial charge in [-0.25, -0.2) is 0 Å². The quantitative estimate of drug-likeness (QED) is 0.848. The number of nitrogens with zero attached hydrogens (tertiary/aromatic N) is 3. The first-order valence-corrected chi connectivity index (χ1v) is 8.53. The summed E-state index contributed by atoms with van der Waals surface area (Å²) in [5, 5.41) is 4.03. The van der Waals surface area contributed by atoms with Crippen LogP contribution in [0.3, 0.4) is 0 Å². The zero-order valence-corrected chi connectivity index (χ0v) is 12.9. The van der Waals surface area contributed by atoms with Gasteiger partial charge in [-0.2, -0.15) is 4.98 Å². The first-order chi connectivity index (χ1) is 10.2. The molecular weight excluding hydrogens is 286 g/mol. The predicted octanol–water partition coefficient (Wildman–Crippen LogP) is 2.32. The standard InChI is InChI=1S/C15H19N3O2S/c1-12-16-15(17-20-12)14-8-5-9-18(14)10-11-21(19)13-6-3-2-4-7-13/h2-4,6-7,14H,5,8-11H2,1H3/t14-,21-/m1/s1. The van der Waals surface area contributed by atoms with Crippen LogP contribution in [-0.2, 0) is 10.8 Å². The van der Waals surface area contributed by atoms with Gasteiger partial charge in [-0.3, -0.25) is 9.11 Å². The molecule has 0 aliphatic carbocycles. The second kappa shape index (κ2) is 6.49. The number of rotatable bonds is 5. The lowest BCUT2D eigenvalue weighted by Gasteiger charge is -2.21. The van der Waals surface area contributed by atoms with Crippen molar-refractivity contribution in [2.24, 2.45) is 0 Å². The van der Waals surface area contributed by atoms with Crippen molar-refractivity contribution in [1.82, 2.24) is 15.0 Å². The summed E-state index contributed by atoms with van der Waals surface area (Å²) in [5.41, 5.74) is 0. The van der Waals surface area contributed by atoms with Crippen LogP contribution < -0.4 is 0 Å². The third-order valence-electron chi connectivity index (χ3n) is 3.77. The van der Waals surface area contributed by atoms with Crippen LogP contribution >= 0.6 is 0 Å². The van der Waals surface area contributed by atoms with Crippen molar-refractivity contribution in [2.75, 3.05) is 18.8 Å². The maximum absolute atomic E-state index is 12.3. The van der Waals surface area contributed by atoms with Gasteiger partial charge < -0.3 is 4.52 Å².